The Kier molecular flexibility index (Phi) is 5.27. The summed E-state index contributed by atoms with van der Waals surface area (Å²) in [6, 6.07) is 11.7. The normalized spacial score (nSPS) is 13.4. The lowest BCUT2D eigenvalue weighted by atomic mass is 9.94. The second-order valence-electron chi connectivity index (χ2n) is 4.81. The van der Waals surface area contributed by atoms with Gasteiger partial charge >= 0.3 is 5.97 Å². The number of aliphatic carboxylic acids is 1. The Bertz CT molecular complexity index is 653. The standard InChI is InChI=1S/C16H17NO4S/c1-10(16(19)20)14(11-6-4-3-5-7-11)17-15(18)12-8-9-13(21-12)22-2/h3-10,14H,1-2H3,(H,17,18)(H,19,20). The van der Waals surface area contributed by atoms with E-state index in [1.807, 2.05) is 24.5 Å². The molecule has 1 aromatic heterocycles. The molecule has 5 nitrogen and oxygen atoms in total. The van der Waals surface area contributed by atoms with E-state index in [-0.39, 0.29) is 5.76 Å². The van der Waals surface area contributed by atoms with Gasteiger partial charge in [0.15, 0.2) is 10.9 Å². The van der Waals surface area contributed by atoms with Crippen molar-refractivity contribution < 1.29 is 19.1 Å². The molecule has 0 aliphatic heterocycles. The highest BCUT2D eigenvalue weighted by Gasteiger charge is 2.27. The minimum Gasteiger partial charge on any atom is -0.481 e. The fourth-order valence-electron chi connectivity index (χ4n) is 2.06. The molecule has 1 amide bonds. The van der Waals surface area contributed by atoms with Gasteiger partial charge in [-0.2, -0.15) is 0 Å². The average molecular weight is 319 g/mol. The number of hydrogen-bond acceptors (Lipinski definition) is 4. The van der Waals surface area contributed by atoms with Crippen LogP contribution in [0, 0.1) is 5.92 Å². The van der Waals surface area contributed by atoms with Crippen molar-refractivity contribution in [3.05, 3.63) is 53.8 Å². The van der Waals surface area contributed by atoms with Crippen molar-refractivity contribution in [2.75, 3.05) is 6.26 Å². The van der Waals surface area contributed by atoms with Crippen LogP contribution in [-0.2, 0) is 4.79 Å². The van der Waals surface area contributed by atoms with Crippen LogP contribution in [0.15, 0.2) is 52.0 Å². The number of rotatable bonds is 6. The second-order valence-corrected chi connectivity index (χ2v) is 5.62. The zero-order valence-corrected chi connectivity index (χ0v) is 13.1. The molecule has 1 aromatic carbocycles. The number of carbonyl (C=O) groups is 2. The molecule has 0 bridgehead atoms. The van der Waals surface area contributed by atoms with Crippen molar-refractivity contribution in [3.63, 3.8) is 0 Å². The molecule has 22 heavy (non-hydrogen) atoms. The van der Waals surface area contributed by atoms with Crippen LogP contribution in [0.4, 0.5) is 0 Å². The first-order chi connectivity index (χ1) is 10.5. The molecule has 0 aliphatic rings. The van der Waals surface area contributed by atoms with Crippen molar-refractivity contribution in [2.45, 2.75) is 18.1 Å². The molecule has 2 rings (SSSR count). The van der Waals surface area contributed by atoms with Gasteiger partial charge in [0, 0.05) is 0 Å². The maximum absolute atomic E-state index is 12.3. The predicted octanol–water partition coefficient (Wildman–Crippen LogP) is 3.19. The monoisotopic (exact) mass is 319 g/mol. The van der Waals surface area contributed by atoms with Gasteiger partial charge in [-0.25, -0.2) is 0 Å². The molecule has 2 aromatic rings. The Morgan fingerprint density at radius 3 is 2.41 bits per heavy atom. The Labute approximate surface area is 132 Å². The fourth-order valence-corrected chi connectivity index (χ4v) is 2.44. The SMILES string of the molecule is CSc1ccc(C(=O)NC(c2ccccc2)C(C)C(=O)O)o1. The van der Waals surface area contributed by atoms with E-state index in [1.54, 1.807) is 31.2 Å². The van der Waals surface area contributed by atoms with Crippen LogP contribution in [0.3, 0.4) is 0 Å². The number of carboxylic acid groups (broad SMARTS) is 1. The topological polar surface area (TPSA) is 79.5 Å². The summed E-state index contributed by atoms with van der Waals surface area (Å²) in [5.41, 5.74) is 0.738. The number of benzene rings is 1. The van der Waals surface area contributed by atoms with Gasteiger partial charge in [-0.3, -0.25) is 9.59 Å². The number of hydrogen-bond donors (Lipinski definition) is 2. The van der Waals surface area contributed by atoms with Crippen LogP contribution >= 0.6 is 11.8 Å². The van der Waals surface area contributed by atoms with Gasteiger partial charge < -0.3 is 14.8 Å². The highest BCUT2D eigenvalue weighted by atomic mass is 32.2. The molecule has 2 atom stereocenters. The molecule has 1 heterocycles. The van der Waals surface area contributed by atoms with E-state index in [4.69, 9.17) is 4.42 Å². The molecule has 0 radical (unpaired) electrons. The summed E-state index contributed by atoms with van der Waals surface area (Å²) >= 11 is 1.39. The maximum atomic E-state index is 12.3. The van der Waals surface area contributed by atoms with Crippen molar-refractivity contribution in [3.8, 4) is 0 Å². The van der Waals surface area contributed by atoms with Crippen LogP contribution in [-0.4, -0.2) is 23.2 Å². The molecular weight excluding hydrogens is 302 g/mol. The van der Waals surface area contributed by atoms with Crippen molar-refractivity contribution in [1.29, 1.82) is 0 Å². The molecule has 6 heteroatoms. The summed E-state index contributed by atoms with van der Waals surface area (Å²) in [5.74, 6) is -2.00. The van der Waals surface area contributed by atoms with E-state index in [2.05, 4.69) is 5.32 Å². The number of amides is 1. The van der Waals surface area contributed by atoms with Crippen molar-refractivity contribution in [1.82, 2.24) is 5.32 Å². The van der Waals surface area contributed by atoms with E-state index < -0.39 is 23.8 Å². The summed E-state index contributed by atoms with van der Waals surface area (Å²) < 4.78 is 5.38. The minimum absolute atomic E-state index is 0.169. The Balaban J connectivity index is 2.22. The molecule has 0 fully saturated rings. The average Bonchev–Trinajstić information content (AvgIpc) is 3.01. The zero-order chi connectivity index (χ0) is 16.1. The van der Waals surface area contributed by atoms with Crippen LogP contribution in [0.25, 0.3) is 0 Å². The summed E-state index contributed by atoms with van der Waals surface area (Å²) in [4.78, 5) is 23.6. The third-order valence-corrected chi connectivity index (χ3v) is 3.96. The van der Waals surface area contributed by atoms with E-state index in [9.17, 15) is 14.7 Å². The minimum atomic E-state index is -0.974. The van der Waals surface area contributed by atoms with Crippen LogP contribution in [0.2, 0.25) is 0 Å². The van der Waals surface area contributed by atoms with E-state index in [0.29, 0.717) is 5.09 Å². The fraction of sp³-hybridized carbons (Fsp3) is 0.250. The number of nitrogens with one attached hydrogen (secondary N) is 1. The van der Waals surface area contributed by atoms with Gasteiger partial charge in [0.2, 0.25) is 0 Å². The smallest absolute Gasteiger partial charge is 0.308 e. The summed E-state index contributed by atoms with van der Waals surface area (Å²) in [6.07, 6.45) is 1.85. The number of furan rings is 1. The summed E-state index contributed by atoms with van der Waals surface area (Å²) in [7, 11) is 0. The van der Waals surface area contributed by atoms with Crippen LogP contribution in [0.5, 0.6) is 0 Å². The third kappa shape index (κ3) is 3.71. The lowest BCUT2D eigenvalue weighted by Crippen LogP contribution is -2.35. The zero-order valence-electron chi connectivity index (χ0n) is 12.3. The van der Waals surface area contributed by atoms with Gasteiger partial charge in [0.1, 0.15) is 0 Å². The van der Waals surface area contributed by atoms with Gasteiger partial charge in [-0.05, 0) is 30.9 Å². The summed E-state index contributed by atoms with van der Waals surface area (Å²) in [5, 5.41) is 12.6. The molecule has 0 spiro atoms. The molecule has 2 unspecified atom stereocenters. The third-order valence-electron chi connectivity index (χ3n) is 3.34. The second kappa shape index (κ2) is 7.17. The largest absolute Gasteiger partial charge is 0.481 e. The van der Waals surface area contributed by atoms with Crippen molar-refractivity contribution in [2.24, 2.45) is 5.92 Å². The maximum Gasteiger partial charge on any atom is 0.308 e. The first-order valence-electron chi connectivity index (χ1n) is 6.75. The lowest BCUT2D eigenvalue weighted by Gasteiger charge is -2.22. The number of carbonyl (C=O) groups excluding carboxylic acids is 1. The highest BCUT2D eigenvalue weighted by Crippen LogP contribution is 2.24. The Morgan fingerprint density at radius 2 is 1.86 bits per heavy atom. The quantitative estimate of drug-likeness (QED) is 0.799. The molecule has 2 N–H and O–H groups in total. The number of carboxylic acids is 1. The van der Waals surface area contributed by atoms with Gasteiger partial charge in [0.05, 0.1) is 12.0 Å². The van der Waals surface area contributed by atoms with E-state index in [0.717, 1.165) is 5.56 Å². The van der Waals surface area contributed by atoms with Crippen molar-refractivity contribution >= 4 is 23.6 Å². The highest BCUT2D eigenvalue weighted by molar-refractivity contribution is 7.98. The van der Waals surface area contributed by atoms with E-state index >= 15 is 0 Å². The summed E-state index contributed by atoms with van der Waals surface area (Å²) in [6.45, 7) is 1.57. The Morgan fingerprint density at radius 1 is 1.18 bits per heavy atom. The first kappa shape index (κ1) is 16.2. The van der Waals surface area contributed by atoms with Gasteiger partial charge in [0.25, 0.3) is 5.91 Å². The van der Waals surface area contributed by atoms with Crippen LogP contribution in [0.1, 0.15) is 29.1 Å². The first-order valence-corrected chi connectivity index (χ1v) is 7.98. The number of thioether (sulfide) groups is 1. The Hall–Kier alpha value is -2.21. The van der Waals surface area contributed by atoms with Gasteiger partial charge in [-0.1, -0.05) is 42.1 Å². The van der Waals surface area contributed by atoms with Crippen LogP contribution < -0.4 is 5.32 Å². The molecule has 0 saturated carbocycles. The molecular formula is C16H17NO4S. The van der Waals surface area contributed by atoms with E-state index in [1.165, 1.54) is 11.8 Å². The van der Waals surface area contributed by atoms with Gasteiger partial charge in [-0.15, -0.1) is 0 Å². The molecule has 116 valence electrons. The molecule has 0 saturated heterocycles. The molecule has 0 aliphatic carbocycles. The predicted molar refractivity (Wildman–Crippen MR) is 83.9 cm³/mol. The lowest BCUT2D eigenvalue weighted by molar-refractivity contribution is -0.142.